The molecule has 4 heterocycles. The van der Waals surface area contributed by atoms with Crippen LogP contribution in [0, 0.1) is 0 Å². The Hall–Kier alpha value is -7.60. The van der Waals surface area contributed by atoms with Crippen molar-refractivity contribution < 1.29 is 8.83 Å². The van der Waals surface area contributed by atoms with Gasteiger partial charge in [0.25, 0.3) is 0 Å². The van der Waals surface area contributed by atoms with Crippen molar-refractivity contribution in [2.75, 3.05) is 4.90 Å². The Labute approximate surface area is 342 Å². The zero-order chi connectivity index (χ0) is 38.6. The Morgan fingerprint density at radius 3 is 1.90 bits per heavy atom. The van der Waals surface area contributed by atoms with Crippen LogP contribution in [0.15, 0.2) is 203 Å². The molecule has 0 aliphatic rings. The fourth-order valence-corrected chi connectivity index (χ4v) is 10.7. The monoisotopic (exact) mass is 772 g/mol. The zero-order valence-corrected chi connectivity index (χ0v) is 32.4. The van der Waals surface area contributed by atoms with Gasteiger partial charge in [-0.3, -0.25) is 0 Å². The van der Waals surface area contributed by atoms with Crippen LogP contribution < -0.4 is 4.90 Å². The van der Waals surface area contributed by atoms with Crippen molar-refractivity contribution in [1.82, 2.24) is 4.57 Å². The van der Waals surface area contributed by atoms with E-state index >= 15 is 0 Å². The van der Waals surface area contributed by atoms with Gasteiger partial charge in [-0.2, -0.15) is 0 Å². The molecule has 59 heavy (non-hydrogen) atoms. The van der Waals surface area contributed by atoms with Crippen molar-refractivity contribution in [3.63, 3.8) is 0 Å². The molecule has 4 nitrogen and oxygen atoms in total. The van der Waals surface area contributed by atoms with Crippen LogP contribution in [0.4, 0.5) is 17.1 Å². The number of anilines is 3. The van der Waals surface area contributed by atoms with E-state index in [0.29, 0.717) is 0 Å². The predicted molar refractivity (Wildman–Crippen MR) is 248 cm³/mol. The minimum absolute atomic E-state index is 0.853. The van der Waals surface area contributed by atoms with Crippen LogP contribution in [0.25, 0.3) is 103 Å². The summed E-state index contributed by atoms with van der Waals surface area (Å²) < 4.78 is 18.1. The average molecular weight is 773 g/mol. The molecule has 0 amide bonds. The van der Waals surface area contributed by atoms with Crippen molar-refractivity contribution >= 4 is 114 Å². The fraction of sp³-hybridized carbons (Fsp3) is 0. The highest BCUT2D eigenvalue weighted by Gasteiger charge is 2.24. The molecule has 0 aliphatic carbocycles. The first-order valence-electron chi connectivity index (χ1n) is 19.9. The van der Waals surface area contributed by atoms with Gasteiger partial charge in [-0.25, -0.2) is 0 Å². The van der Waals surface area contributed by atoms with Crippen molar-refractivity contribution in [3.8, 4) is 16.8 Å². The first-order valence-corrected chi connectivity index (χ1v) is 20.7. The van der Waals surface area contributed by atoms with E-state index in [0.717, 1.165) is 88.8 Å². The lowest BCUT2D eigenvalue weighted by atomic mass is 9.93. The van der Waals surface area contributed by atoms with Crippen molar-refractivity contribution in [2.45, 2.75) is 0 Å². The van der Waals surface area contributed by atoms with Gasteiger partial charge >= 0.3 is 0 Å². The number of para-hydroxylation sites is 4. The van der Waals surface area contributed by atoms with E-state index in [1.807, 2.05) is 29.5 Å². The highest BCUT2D eigenvalue weighted by Crippen LogP contribution is 2.48. The van der Waals surface area contributed by atoms with Crippen LogP contribution in [-0.2, 0) is 0 Å². The Bertz CT molecular complexity index is 3790. The minimum atomic E-state index is 0.853. The summed E-state index contributed by atoms with van der Waals surface area (Å²) in [6.45, 7) is 0. The molecule has 5 heteroatoms. The first kappa shape index (κ1) is 32.5. The molecule has 0 atom stereocenters. The summed E-state index contributed by atoms with van der Waals surface area (Å²) in [5.74, 6) is 0. The number of rotatable bonds is 5. The Balaban J connectivity index is 1.05. The molecule has 13 aromatic rings. The molecular formula is C54H32N2O2S. The number of thiophene rings is 1. The van der Waals surface area contributed by atoms with E-state index in [4.69, 9.17) is 8.83 Å². The topological polar surface area (TPSA) is 34.5 Å². The zero-order valence-electron chi connectivity index (χ0n) is 31.6. The standard InChI is InChI=1S/C54H32N2O2S/c1-2-13-34(14-3-1)55(44-21-12-19-40-39-16-7-11-24-50(39)59-54(40)44)35-26-28-36(29-27-35)56-43-20-8-4-17-41(43)52-45(56)32-49-53(42-18-6-10-23-47(42)58-49)51(52)33-25-30-38-37-15-5-9-22-46(37)57-48(38)31-33/h1-32H. The van der Waals surface area contributed by atoms with E-state index in [2.05, 4.69) is 185 Å². The van der Waals surface area contributed by atoms with Gasteiger partial charge in [0.1, 0.15) is 22.3 Å². The molecule has 13 rings (SSSR count). The largest absolute Gasteiger partial charge is 0.456 e. The molecule has 0 aliphatic heterocycles. The second kappa shape index (κ2) is 12.4. The quantitative estimate of drug-likeness (QED) is 0.175. The van der Waals surface area contributed by atoms with Gasteiger partial charge < -0.3 is 18.3 Å². The van der Waals surface area contributed by atoms with Crippen LogP contribution in [0.1, 0.15) is 0 Å². The SMILES string of the molecule is c1ccc(N(c2ccc(-n3c4ccccc4c4c(-c5ccc6c(c5)oc5ccccc56)c5c(cc43)oc3ccccc35)cc2)c2cccc3c2sc2ccccc23)cc1. The third-order valence-electron chi connectivity index (χ3n) is 12.0. The lowest BCUT2D eigenvalue weighted by Crippen LogP contribution is -2.10. The maximum Gasteiger partial charge on any atom is 0.138 e. The number of hydrogen-bond donors (Lipinski definition) is 0. The minimum Gasteiger partial charge on any atom is -0.456 e. The fourth-order valence-electron chi connectivity index (χ4n) is 9.44. The number of nitrogens with zero attached hydrogens (tertiary/aromatic N) is 2. The molecule has 0 bridgehead atoms. The molecule has 9 aromatic carbocycles. The molecule has 0 saturated carbocycles. The van der Waals surface area contributed by atoms with E-state index in [9.17, 15) is 0 Å². The number of furan rings is 2. The maximum atomic E-state index is 6.71. The highest BCUT2D eigenvalue weighted by atomic mass is 32.1. The number of hydrogen-bond acceptors (Lipinski definition) is 4. The molecule has 0 saturated heterocycles. The summed E-state index contributed by atoms with van der Waals surface area (Å²) in [4.78, 5) is 2.39. The molecule has 0 fully saturated rings. The smallest absolute Gasteiger partial charge is 0.138 e. The third kappa shape index (κ3) is 4.77. The van der Waals surface area contributed by atoms with Gasteiger partial charge in [0.2, 0.25) is 0 Å². The van der Waals surface area contributed by atoms with Gasteiger partial charge in [0.05, 0.1) is 21.4 Å². The normalized spacial score (nSPS) is 12.1. The van der Waals surface area contributed by atoms with Crippen LogP contribution in [-0.4, -0.2) is 4.57 Å². The molecule has 0 spiro atoms. The van der Waals surface area contributed by atoms with Crippen molar-refractivity contribution in [3.05, 3.63) is 194 Å². The molecule has 0 N–H and O–H groups in total. The summed E-state index contributed by atoms with van der Waals surface area (Å²) in [6.07, 6.45) is 0. The van der Waals surface area contributed by atoms with Gasteiger partial charge in [-0.1, -0.05) is 109 Å². The van der Waals surface area contributed by atoms with Gasteiger partial charge in [0, 0.05) is 76.5 Å². The molecule has 0 unspecified atom stereocenters. The molecule has 276 valence electrons. The maximum absolute atomic E-state index is 6.71. The van der Waals surface area contributed by atoms with Crippen molar-refractivity contribution in [2.24, 2.45) is 0 Å². The van der Waals surface area contributed by atoms with Crippen LogP contribution in [0.2, 0.25) is 0 Å². The Morgan fingerprint density at radius 2 is 1.05 bits per heavy atom. The lowest BCUT2D eigenvalue weighted by Gasteiger charge is -2.26. The summed E-state index contributed by atoms with van der Waals surface area (Å²) in [6, 6.07) is 69.4. The summed E-state index contributed by atoms with van der Waals surface area (Å²) in [5.41, 5.74) is 12.4. The van der Waals surface area contributed by atoms with E-state index in [1.165, 1.54) is 30.9 Å². The number of fused-ring (bicyclic) bond motifs is 12. The summed E-state index contributed by atoms with van der Waals surface area (Å²) in [7, 11) is 0. The van der Waals surface area contributed by atoms with Gasteiger partial charge in [-0.05, 0) is 84.4 Å². The van der Waals surface area contributed by atoms with Crippen LogP contribution >= 0.6 is 11.3 Å². The number of aromatic nitrogens is 1. The predicted octanol–water partition coefficient (Wildman–Crippen LogP) is 16.1. The number of benzene rings is 9. The summed E-state index contributed by atoms with van der Waals surface area (Å²) in [5, 5.41) is 9.37. The van der Waals surface area contributed by atoms with Gasteiger partial charge in [-0.15, -0.1) is 11.3 Å². The van der Waals surface area contributed by atoms with Crippen LogP contribution in [0.3, 0.4) is 0 Å². The van der Waals surface area contributed by atoms with E-state index in [-0.39, 0.29) is 0 Å². The molecular weight excluding hydrogens is 741 g/mol. The second-order valence-electron chi connectivity index (χ2n) is 15.2. The molecule has 4 aromatic heterocycles. The van der Waals surface area contributed by atoms with Crippen molar-refractivity contribution in [1.29, 1.82) is 0 Å². The van der Waals surface area contributed by atoms with E-state index < -0.39 is 0 Å². The Morgan fingerprint density at radius 1 is 0.407 bits per heavy atom. The highest BCUT2D eigenvalue weighted by molar-refractivity contribution is 7.26. The molecule has 0 radical (unpaired) electrons. The Kier molecular flexibility index (Phi) is 6.85. The van der Waals surface area contributed by atoms with Crippen LogP contribution in [0.5, 0.6) is 0 Å². The lowest BCUT2D eigenvalue weighted by molar-refractivity contribution is 0.668. The summed E-state index contributed by atoms with van der Waals surface area (Å²) >= 11 is 1.85. The van der Waals surface area contributed by atoms with Gasteiger partial charge in [0.15, 0.2) is 0 Å². The first-order chi connectivity index (χ1) is 29.3. The average Bonchev–Trinajstić information content (AvgIpc) is 4.05. The second-order valence-corrected chi connectivity index (χ2v) is 16.3. The van der Waals surface area contributed by atoms with E-state index in [1.54, 1.807) is 0 Å². The third-order valence-corrected chi connectivity index (χ3v) is 13.2.